The van der Waals surface area contributed by atoms with Gasteiger partial charge in [0, 0.05) is 0 Å². The number of nitrogens with zero attached hydrogens (tertiary/aromatic N) is 4. The summed E-state index contributed by atoms with van der Waals surface area (Å²) < 4.78 is 0. The van der Waals surface area contributed by atoms with Gasteiger partial charge in [-0.05, 0) is 5.92 Å². The van der Waals surface area contributed by atoms with Gasteiger partial charge in [-0.1, -0.05) is 13.8 Å². The molecule has 0 aromatic carbocycles. The molecule has 17 heavy (non-hydrogen) atoms. The van der Waals surface area contributed by atoms with Gasteiger partial charge in [-0.3, -0.25) is 0 Å². The normalized spacial score (nSPS) is 11.0. The van der Waals surface area contributed by atoms with Gasteiger partial charge < -0.3 is 10.8 Å². The monoisotopic (exact) mass is 233 g/mol. The van der Waals surface area contributed by atoms with E-state index in [0.29, 0.717) is 16.9 Å². The quantitative estimate of drug-likeness (QED) is 0.788. The Hall–Kier alpha value is -2.31. The molecule has 0 radical (unpaired) electrons. The minimum absolute atomic E-state index is 0.0566. The van der Waals surface area contributed by atoms with Crippen molar-refractivity contribution in [3.63, 3.8) is 0 Å². The van der Waals surface area contributed by atoms with Crippen molar-refractivity contribution >= 4 is 23.1 Å². The minimum Gasteiger partial charge on any atom is -0.476 e. The fraction of sp³-hybridized carbons (Fsp3) is 0.300. The Morgan fingerprint density at radius 3 is 2.65 bits per heavy atom. The molecule has 2 heterocycles. The van der Waals surface area contributed by atoms with Crippen molar-refractivity contribution in [3.8, 4) is 0 Å². The summed E-state index contributed by atoms with van der Waals surface area (Å²) >= 11 is 0. The first-order valence-electron chi connectivity index (χ1n) is 5.02. The summed E-state index contributed by atoms with van der Waals surface area (Å²) in [6, 6.07) is 0. The van der Waals surface area contributed by atoms with E-state index in [2.05, 4.69) is 19.9 Å². The van der Waals surface area contributed by atoms with Crippen molar-refractivity contribution in [1.29, 1.82) is 0 Å². The average molecular weight is 233 g/mol. The first-order valence-corrected chi connectivity index (χ1v) is 5.02. The first-order chi connectivity index (χ1) is 7.99. The highest BCUT2D eigenvalue weighted by molar-refractivity contribution is 5.87. The van der Waals surface area contributed by atoms with E-state index in [1.54, 1.807) is 0 Å². The molecule has 0 aliphatic rings. The van der Waals surface area contributed by atoms with Crippen molar-refractivity contribution in [1.82, 2.24) is 19.9 Å². The second kappa shape index (κ2) is 3.93. The van der Waals surface area contributed by atoms with E-state index < -0.39 is 5.97 Å². The molecule has 2 aromatic heterocycles. The van der Waals surface area contributed by atoms with Crippen LogP contribution in [0.4, 0.5) is 5.95 Å². The van der Waals surface area contributed by atoms with Gasteiger partial charge in [-0.15, -0.1) is 0 Å². The fourth-order valence-corrected chi connectivity index (χ4v) is 1.45. The van der Waals surface area contributed by atoms with Crippen molar-refractivity contribution in [2.75, 3.05) is 5.73 Å². The minimum atomic E-state index is -1.13. The van der Waals surface area contributed by atoms with E-state index in [-0.39, 0.29) is 17.6 Å². The first kappa shape index (κ1) is 11.2. The number of aromatic nitrogens is 4. The molecule has 0 aliphatic carbocycles. The molecule has 0 unspecified atom stereocenters. The number of carboxylic acid groups (broad SMARTS) is 1. The third-order valence-corrected chi connectivity index (χ3v) is 2.22. The number of nitrogens with two attached hydrogens (primary N) is 1. The van der Waals surface area contributed by atoms with E-state index in [9.17, 15) is 4.79 Å². The number of carbonyl (C=O) groups is 1. The van der Waals surface area contributed by atoms with Crippen LogP contribution in [0.3, 0.4) is 0 Å². The topological polar surface area (TPSA) is 115 Å². The maximum Gasteiger partial charge on any atom is 0.356 e. The smallest absolute Gasteiger partial charge is 0.356 e. The van der Waals surface area contributed by atoms with Crippen LogP contribution >= 0.6 is 0 Å². The Morgan fingerprint density at radius 2 is 2.06 bits per heavy atom. The standard InChI is InChI=1S/C10H11N5O2/c1-4(2)6-7-8(15-10(11)14-6)12-3-5(13-7)9(16)17/h3-4H,1-2H3,(H,16,17)(H2,11,12,14,15). The molecule has 2 rings (SSSR count). The number of aromatic carboxylic acids is 1. The number of anilines is 1. The van der Waals surface area contributed by atoms with Crippen molar-refractivity contribution in [2.45, 2.75) is 19.8 Å². The zero-order valence-corrected chi connectivity index (χ0v) is 9.38. The average Bonchev–Trinajstić information content (AvgIpc) is 2.26. The molecule has 0 atom stereocenters. The van der Waals surface area contributed by atoms with E-state index in [1.165, 1.54) is 0 Å². The molecule has 3 N–H and O–H groups in total. The summed E-state index contributed by atoms with van der Waals surface area (Å²) in [5.74, 6) is -0.967. The van der Waals surface area contributed by atoms with Crippen LogP contribution < -0.4 is 5.73 Å². The summed E-state index contributed by atoms with van der Waals surface area (Å²) in [5, 5.41) is 8.86. The lowest BCUT2D eigenvalue weighted by Gasteiger charge is -2.08. The van der Waals surface area contributed by atoms with Crippen LogP contribution in [0.25, 0.3) is 11.2 Å². The Balaban J connectivity index is 2.78. The van der Waals surface area contributed by atoms with Crippen LogP contribution in [-0.4, -0.2) is 31.0 Å². The predicted octanol–water partition coefficient (Wildman–Crippen LogP) is 0.824. The molecule has 0 saturated carbocycles. The maximum absolute atomic E-state index is 10.8. The van der Waals surface area contributed by atoms with E-state index in [1.807, 2.05) is 13.8 Å². The highest BCUT2D eigenvalue weighted by atomic mass is 16.4. The predicted molar refractivity (Wildman–Crippen MR) is 60.6 cm³/mol. The van der Waals surface area contributed by atoms with Crippen molar-refractivity contribution < 1.29 is 9.90 Å². The fourth-order valence-electron chi connectivity index (χ4n) is 1.45. The number of nitrogen functional groups attached to an aromatic ring is 1. The summed E-state index contributed by atoms with van der Waals surface area (Å²) in [7, 11) is 0. The van der Waals surface area contributed by atoms with Gasteiger partial charge in [0.15, 0.2) is 11.3 Å². The van der Waals surface area contributed by atoms with Gasteiger partial charge in [-0.25, -0.2) is 19.7 Å². The number of hydrogen-bond donors (Lipinski definition) is 2. The highest BCUT2D eigenvalue weighted by Gasteiger charge is 2.14. The largest absolute Gasteiger partial charge is 0.476 e. The third kappa shape index (κ3) is 1.99. The van der Waals surface area contributed by atoms with Gasteiger partial charge in [0.05, 0.1) is 11.9 Å². The lowest BCUT2D eigenvalue weighted by Crippen LogP contribution is -2.08. The summed E-state index contributed by atoms with van der Waals surface area (Å²) in [4.78, 5) is 26.7. The highest BCUT2D eigenvalue weighted by Crippen LogP contribution is 2.20. The van der Waals surface area contributed by atoms with Gasteiger partial charge in [-0.2, -0.15) is 4.98 Å². The Kier molecular flexibility index (Phi) is 2.58. The summed E-state index contributed by atoms with van der Waals surface area (Å²) in [5.41, 5.74) is 6.72. The molecule has 0 aliphatic heterocycles. The van der Waals surface area contributed by atoms with Crippen LogP contribution in [0.5, 0.6) is 0 Å². The number of fused-ring (bicyclic) bond motifs is 1. The molecule has 88 valence electrons. The number of hydrogen-bond acceptors (Lipinski definition) is 6. The molecule has 0 bridgehead atoms. The molecule has 0 fully saturated rings. The van der Waals surface area contributed by atoms with Crippen LogP contribution in [0.15, 0.2) is 6.20 Å². The summed E-state index contributed by atoms with van der Waals surface area (Å²) in [6.07, 6.45) is 1.15. The van der Waals surface area contributed by atoms with Gasteiger partial charge in [0.2, 0.25) is 5.95 Å². The van der Waals surface area contributed by atoms with Crippen LogP contribution in [0, 0.1) is 0 Å². The van der Waals surface area contributed by atoms with Gasteiger partial charge >= 0.3 is 5.97 Å². The van der Waals surface area contributed by atoms with Gasteiger partial charge in [0.25, 0.3) is 0 Å². The van der Waals surface area contributed by atoms with E-state index in [4.69, 9.17) is 10.8 Å². The second-order valence-corrected chi connectivity index (χ2v) is 3.85. The van der Waals surface area contributed by atoms with Crippen molar-refractivity contribution in [3.05, 3.63) is 17.6 Å². The van der Waals surface area contributed by atoms with Crippen LogP contribution in [-0.2, 0) is 0 Å². The number of carboxylic acids is 1. The second-order valence-electron chi connectivity index (χ2n) is 3.85. The molecule has 2 aromatic rings. The third-order valence-electron chi connectivity index (χ3n) is 2.22. The lowest BCUT2D eigenvalue weighted by atomic mass is 10.1. The van der Waals surface area contributed by atoms with E-state index in [0.717, 1.165) is 6.20 Å². The van der Waals surface area contributed by atoms with Crippen LogP contribution in [0.2, 0.25) is 0 Å². The molecule has 7 nitrogen and oxygen atoms in total. The van der Waals surface area contributed by atoms with E-state index >= 15 is 0 Å². The number of rotatable bonds is 2. The Morgan fingerprint density at radius 1 is 1.35 bits per heavy atom. The van der Waals surface area contributed by atoms with Crippen molar-refractivity contribution in [2.24, 2.45) is 0 Å². The molecular formula is C10H11N5O2. The Labute approximate surface area is 96.7 Å². The van der Waals surface area contributed by atoms with Crippen LogP contribution in [0.1, 0.15) is 35.9 Å². The lowest BCUT2D eigenvalue weighted by molar-refractivity contribution is 0.0690. The SMILES string of the molecule is CC(C)c1nc(N)nc2ncc(C(=O)O)nc12. The molecular weight excluding hydrogens is 222 g/mol. The zero-order valence-electron chi connectivity index (χ0n) is 9.38. The Bertz CT molecular complexity index is 597. The zero-order chi connectivity index (χ0) is 12.6. The maximum atomic E-state index is 10.8. The molecule has 0 saturated heterocycles. The molecule has 0 amide bonds. The molecule has 0 spiro atoms. The van der Waals surface area contributed by atoms with Gasteiger partial charge in [0.1, 0.15) is 5.52 Å². The summed E-state index contributed by atoms with van der Waals surface area (Å²) in [6.45, 7) is 3.83. The molecule has 7 heteroatoms.